The van der Waals surface area contributed by atoms with E-state index in [2.05, 4.69) is 0 Å². The third-order valence-electron chi connectivity index (χ3n) is 6.18. The molecule has 1 N–H and O–H groups in total. The van der Waals surface area contributed by atoms with Crippen LogP contribution in [0.2, 0.25) is 0 Å². The highest BCUT2D eigenvalue weighted by Gasteiger charge is 2.45. The van der Waals surface area contributed by atoms with Gasteiger partial charge in [-0.25, -0.2) is 0 Å². The van der Waals surface area contributed by atoms with Gasteiger partial charge < -0.3 is 29.1 Å². The number of likely N-dealkylation sites (tertiary alicyclic amines) is 1. The molecule has 2 aliphatic rings. The average molecular weight is 481 g/mol. The zero-order valence-electron chi connectivity index (χ0n) is 20.6. The maximum Gasteiger partial charge on any atom is 0.295 e. The second kappa shape index (κ2) is 10.4. The number of aliphatic hydroxyl groups excluding tert-OH is 1. The first-order chi connectivity index (χ1) is 16.8. The third-order valence-corrected chi connectivity index (χ3v) is 6.18. The number of likely N-dealkylation sites (N-methyl/N-ethyl adjacent to an activating group) is 1. The Morgan fingerprint density at radius 3 is 2.60 bits per heavy atom. The van der Waals surface area contributed by atoms with Gasteiger partial charge >= 0.3 is 0 Å². The fraction of sp³-hybridized carbons (Fsp3) is 0.407. The number of methoxy groups -OCH3 is 1. The second-order valence-electron chi connectivity index (χ2n) is 9.03. The summed E-state index contributed by atoms with van der Waals surface area (Å²) in [6.07, 6.45) is 0.585. The number of amides is 1. The molecular formula is C27H32N2O6. The molecule has 2 aromatic carbocycles. The summed E-state index contributed by atoms with van der Waals surface area (Å²) in [7, 11) is 3.54. The van der Waals surface area contributed by atoms with Crippen molar-refractivity contribution < 1.29 is 28.9 Å². The summed E-state index contributed by atoms with van der Waals surface area (Å²) in [6.45, 7) is 5.96. The lowest BCUT2D eigenvalue weighted by Gasteiger charge is -2.28. The highest BCUT2D eigenvalue weighted by molar-refractivity contribution is 6.46. The van der Waals surface area contributed by atoms with Gasteiger partial charge in [-0.1, -0.05) is 12.1 Å². The zero-order chi connectivity index (χ0) is 25.1. The molecule has 2 heterocycles. The van der Waals surface area contributed by atoms with Crippen LogP contribution in [0.3, 0.4) is 0 Å². The molecule has 0 aliphatic carbocycles. The van der Waals surface area contributed by atoms with E-state index in [0.717, 1.165) is 11.3 Å². The van der Waals surface area contributed by atoms with Gasteiger partial charge in [0, 0.05) is 32.9 Å². The van der Waals surface area contributed by atoms with Crippen molar-refractivity contribution in [1.82, 2.24) is 4.90 Å². The number of rotatable bonds is 8. The van der Waals surface area contributed by atoms with Gasteiger partial charge in [0.05, 0.1) is 30.0 Å². The molecule has 1 fully saturated rings. The maximum atomic E-state index is 13.2. The largest absolute Gasteiger partial charge is 0.507 e. The standard InChI is InChI=1S/C27H32N2O6/c1-17(2)35-20-9-6-18(7-10-20)24-23(26(31)27(32)29(24)12-5-14-33-4)25(30)19-8-11-22-21(16-19)28(3)13-15-34-22/h6-11,16-17,24,30H,5,12-15H2,1-4H3/b25-23-. The van der Waals surface area contributed by atoms with Crippen LogP contribution in [-0.4, -0.2) is 68.3 Å². The SMILES string of the molecule is COCCCN1C(=O)C(=O)/C(=C(\O)c2ccc3c(c2)N(C)CCO3)C1c1ccc(OC(C)C)cc1. The predicted octanol–water partition coefficient (Wildman–Crippen LogP) is 3.76. The number of carbonyl (C=O) groups is 2. The van der Waals surface area contributed by atoms with Gasteiger partial charge in [-0.05, 0) is 56.2 Å². The minimum Gasteiger partial charge on any atom is -0.507 e. The molecule has 0 saturated carbocycles. The first-order valence-electron chi connectivity index (χ1n) is 11.8. The summed E-state index contributed by atoms with van der Waals surface area (Å²) in [5, 5.41) is 11.4. The lowest BCUT2D eigenvalue weighted by molar-refractivity contribution is -0.140. The second-order valence-corrected chi connectivity index (χ2v) is 9.03. The zero-order valence-corrected chi connectivity index (χ0v) is 20.6. The molecule has 1 saturated heterocycles. The van der Waals surface area contributed by atoms with E-state index in [-0.39, 0.29) is 17.4 Å². The Hall–Kier alpha value is -3.52. The van der Waals surface area contributed by atoms with Crippen LogP contribution in [0.25, 0.3) is 5.76 Å². The van der Waals surface area contributed by atoms with Gasteiger partial charge in [0.15, 0.2) is 0 Å². The molecule has 0 radical (unpaired) electrons. The highest BCUT2D eigenvalue weighted by atomic mass is 16.5. The van der Waals surface area contributed by atoms with Gasteiger partial charge in [-0.2, -0.15) is 0 Å². The van der Waals surface area contributed by atoms with Crippen LogP contribution in [-0.2, 0) is 14.3 Å². The molecule has 8 nitrogen and oxygen atoms in total. The summed E-state index contributed by atoms with van der Waals surface area (Å²) in [5.41, 5.74) is 2.07. The number of aliphatic hydroxyl groups is 1. The summed E-state index contributed by atoms with van der Waals surface area (Å²) < 4.78 is 16.6. The van der Waals surface area contributed by atoms with Gasteiger partial charge in [0.1, 0.15) is 23.9 Å². The topological polar surface area (TPSA) is 88.5 Å². The van der Waals surface area contributed by atoms with Crippen molar-refractivity contribution in [2.24, 2.45) is 0 Å². The number of hydrogen-bond donors (Lipinski definition) is 1. The van der Waals surface area contributed by atoms with Crippen molar-refractivity contribution in [2.75, 3.05) is 45.4 Å². The van der Waals surface area contributed by atoms with Crippen molar-refractivity contribution in [3.8, 4) is 11.5 Å². The summed E-state index contributed by atoms with van der Waals surface area (Å²) in [4.78, 5) is 29.8. The molecule has 0 bridgehead atoms. The summed E-state index contributed by atoms with van der Waals surface area (Å²) in [6, 6.07) is 11.9. The number of ketones is 1. The van der Waals surface area contributed by atoms with Crippen LogP contribution in [0.4, 0.5) is 5.69 Å². The molecule has 0 spiro atoms. The van der Waals surface area contributed by atoms with Gasteiger partial charge in [-0.15, -0.1) is 0 Å². The molecule has 1 unspecified atom stereocenters. The van der Waals surface area contributed by atoms with Crippen molar-refractivity contribution in [3.05, 3.63) is 59.2 Å². The van der Waals surface area contributed by atoms with Crippen LogP contribution in [0.5, 0.6) is 11.5 Å². The van der Waals surface area contributed by atoms with Crippen molar-refractivity contribution >= 4 is 23.1 Å². The Morgan fingerprint density at radius 2 is 1.91 bits per heavy atom. The van der Waals surface area contributed by atoms with E-state index in [1.54, 1.807) is 25.3 Å². The highest BCUT2D eigenvalue weighted by Crippen LogP contribution is 2.41. The molecule has 8 heteroatoms. The molecule has 2 aliphatic heterocycles. The molecule has 2 aromatic rings. The Labute approximate surface area is 205 Å². The van der Waals surface area contributed by atoms with Gasteiger partial charge in [0.2, 0.25) is 0 Å². The quantitative estimate of drug-likeness (QED) is 0.266. The Kier molecular flexibility index (Phi) is 7.31. The van der Waals surface area contributed by atoms with E-state index >= 15 is 0 Å². The lowest BCUT2D eigenvalue weighted by Crippen LogP contribution is -2.31. The maximum absolute atomic E-state index is 13.2. The van der Waals surface area contributed by atoms with Crippen LogP contribution in [0.1, 0.15) is 37.4 Å². The van der Waals surface area contributed by atoms with Crippen molar-refractivity contribution in [3.63, 3.8) is 0 Å². The smallest absolute Gasteiger partial charge is 0.295 e. The molecule has 1 atom stereocenters. The Balaban J connectivity index is 1.78. The molecule has 4 rings (SSSR count). The van der Waals surface area contributed by atoms with E-state index in [4.69, 9.17) is 14.2 Å². The van der Waals surface area contributed by atoms with Crippen LogP contribution < -0.4 is 14.4 Å². The fourth-order valence-electron chi connectivity index (χ4n) is 4.49. The van der Waals surface area contributed by atoms with Crippen LogP contribution in [0, 0.1) is 0 Å². The normalized spacial score (nSPS) is 19.2. The number of ether oxygens (including phenoxy) is 3. The molecule has 1 amide bonds. The van der Waals surface area contributed by atoms with E-state index in [0.29, 0.717) is 49.8 Å². The third kappa shape index (κ3) is 4.98. The van der Waals surface area contributed by atoms with E-state index in [9.17, 15) is 14.7 Å². The van der Waals surface area contributed by atoms with Crippen LogP contribution >= 0.6 is 0 Å². The van der Waals surface area contributed by atoms with Crippen molar-refractivity contribution in [2.45, 2.75) is 32.4 Å². The number of Topliss-reactive ketones (excluding diaryl/α,β-unsaturated/α-hetero) is 1. The van der Waals surface area contributed by atoms with E-state index < -0.39 is 17.7 Å². The number of anilines is 1. The predicted molar refractivity (Wildman–Crippen MR) is 133 cm³/mol. The first-order valence-corrected chi connectivity index (χ1v) is 11.8. The number of hydrogen-bond acceptors (Lipinski definition) is 7. The number of nitrogens with zero attached hydrogens (tertiary/aromatic N) is 2. The van der Waals surface area contributed by atoms with Gasteiger partial charge in [0.25, 0.3) is 11.7 Å². The minimum absolute atomic E-state index is 0.0200. The van der Waals surface area contributed by atoms with E-state index in [1.807, 2.05) is 50.1 Å². The average Bonchev–Trinajstić information content (AvgIpc) is 3.09. The summed E-state index contributed by atoms with van der Waals surface area (Å²) >= 11 is 0. The molecule has 0 aromatic heterocycles. The summed E-state index contributed by atoms with van der Waals surface area (Å²) in [5.74, 6) is -0.124. The minimum atomic E-state index is -0.718. The Morgan fingerprint density at radius 1 is 1.17 bits per heavy atom. The Bertz CT molecular complexity index is 1120. The van der Waals surface area contributed by atoms with Crippen LogP contribution in [0.15, 0.2) is 48.0 Å². The first kappa shape index (κ1) is 24.6. The molecular weight excluding hydrogens is 448 g/mol. The van der Waals surface area contributed by atoms with E-state index in [1.165, 1.54) is 4.90 Å². The monoisotopic (exact) mass is 480 g/mol. The number of fused-ring (bicyclic) bond motifs is 1. The lowest BCUT2D eigenvalue weighted by atomic mass is 9.95. The molecule has 186 valence electrons. The van der Waals surface area contributed by atoms with Crippen molar-refractivity contribution in [1.29, 1.82) is 0 Å². The fourth-order valence-corrected chi connectivity index (χ4v) is 4.49. The molecule has 35 heavy (non-hydrogen) atoms. The number of carbonyl (C=O) groups excluding carboxylic acids is 2. The number of benzene rings is 2. The van der Waals surface area contributed by atoms with Gasteiger partial charge in [-0.3, -0.25) is 9.59 Å².